The fourth-order valence-corrected chi connectivity index (χ4v) is 1.96. The van der Waals surface area contributed by atoms with Gasteiger partial charge in [0.25, 0.3) is 0 Å². The van der Waals surface area contributed by atoms with E-state index < -0.39 is 6.10 Å². The standard InChI is InChI=1S/C12H23ClN4O/c1-4-5-14-9-11(18)12-10(13)8-15-17(12)7-6-16(2)3/h8,11,14,18H,4-7,9H2,1-3H3. The molecule has 0 aromatic carbocycles. The predicted octanol–water partition coefficient (Wildman–Crippen LogP) is 1.13. The number of nitrogens with one attached hydrogen (secondary N) is 1. The summed E-state index contributed by atoms with van der Waals surface area (Å²) in [6, 6.07) is 0. The van der Waals surface area contributed by atoms with Crippen molar-refractivity contribution in [2.45, 2.75) is 26.0 Å². The summed E-state index contributed by atoms with van der Waals surface area (Å²) >= 11 is 6.08. The first-order valence-electron chi connectivity index (χ1n) is 6.31. The van der Waals surface area contributed by atoms with Gasteiger partial charge < -0.3 is 15.3 Å². The van der Waals surface area contributed by atoms with Crippen molar-refractivity contribution in [1.82, 2.24) is 20.0 Å². The summed E-state index contributed by atoms with van der Waals surface area (Å²) in [6.07, 6.45) is 2.02. The third kappa shape index (κ3) is 4.57. The van der Waals surface area contributed by atoms with Crippen molar-refractivity contribution in [3.8, 4) is 0 Å². The number of hydrogen-bond acceptors (Lipinski definition) is 4. The average molecular weight is 275 g/mol. The molecule has 0 aliphatic carbocycles. The SMILES string of the molecule is CCCNCC(O)c1c(Cl)cnn1CCN(C)C. The summed E-state index contributed by atoms with van der Waals surface area (Å²) in [5.41, 5.74) is 0.696. The predicted molar refractivity (Wildman–Crippen MR) is 73.9 cm³/mol. The van der Waals surface area contributed by atoms with E-state index >= 15 is 0 Å². The average Bonchev–Trinajstić information content (AvgIpc) is 2.68. The molecule has 6 heteroatoms. The third-order valence-corrected chi connectivity index (χ3v) is 2.96. The molecule has 18 heavy (non-hydrogen) atoms. The van der Waals surface area contributed by atoms with Gasteiger partial charge >= 0.3 is 0 Å². The zero-order valence-corrected chi connectivity index (χ0v) is 12.1. The molecule has 0 radical (unpaired) electrons. The highest BCUT2D eigenvalue weighted by Gasteiger charge is 2.17. The van der Waals surface area contributed by atoms with E-state index in [1.807, 2.05) is 14.1 Å². The second-order valence-electron chi connectivity index (χ2n) is 4.62. The Hall–Kier alpha value is -0.620. The number of hydrogen-bond donors (Lipinski definition) is 2. The molecule has 5 nitrogen and oxygen atoms in total. The zero-order chi connectivity index (χ0) is 13.5. The Morgan fingerprint density at radius 1 is 1.56 bits per heavy atom. The van der Waals surface area contributed by atoms with Crippen LogP contribution in [0.2, 0.25) is 5.02 Å². The summed E-state index contributed by atoms with van der Waals surface area (Å²) in [7, 11) is 4.01. The van der Waals surface area contributed by atoms with Gasteiger partial charge in [0.1, 0.15) is 6.10 Å². The summed E-state index contributed by atoms with van der Waals surface area (Å²) in [5.74, 6) is 0. The molecular weight excluding hydrogens is 252 g/mol. The van der Waals surface area contributed by atoms with Gasteiger partial charge in [0.15, 0.2) is 0 Å². The second kappa shape index (κ2) is 7.74. The smallest absolute Gasteiger partial charge is 0.110 e. The molecule has 0 saturated carbocycles. The van der Waals surface area contributed by atoms with Crippen molar-refractivity contribution in [3.05, 3.63) is 16.9 Å². The first kappa shape index (κ1) is 15.4. The van der Waals surface area contributed by atoms with Gasteiger partial charge in [-0.25, -0.2) is 0 Å². The minimum absolute atomic E-state index is 0.501. The van der Waals surface area contributed by atoms with Crippen LogP contribution in [0.3, 0.4) is 0 Å². The van der Waals surface area contributed by atoms with E-state index in [9.17, 15) is 5.11 Å². The third-order valence-electron chi connectivity index (χ3n) is 2.67. The number of rotatable bonds is 8. The normalized spacial score (nSPS) is 13.2. The highest BCUT2D eigenvalue weighted by atomic mass is 35.5. The maximum Gasteiger partial charge on any atom is 0.110 e. The van der Waals surface area contributed by atoms with Crippen LogP contribution in [-0.2, 0) is 6.54 Å². The Balaban J connectivity index is 2.64. The van der Waals surface area contributed by atoms with Crippen LogP contribution < -0.4 is 5.32 Å². The quantitative estimate of drug-likeness (QED) is 0.698. The molecule has 104 valence electrons. The monoisotopic (exact) mass is 274 g/mol. The topological polar surface area (TPSA) is 53.3 Å². The fraction of sp³-hybridized carbons (Fsp3) is 0.750. The molecule has 0 aliphatic heterocycles. The van der Waals surface area contributed by atoms with Gasteiger partial charge in [0.05, 0.1) is 23.5 Å². The Kier molecular flexibility index (Phi) is 6.63. The first-order valence-corrected chi connectivity index (χ1v) is 6.68. The van der Waals surface area contributed by atoms with E-state index in [4.69, 9.17) is 11.6 Å². The Morgan fingerprint density at radius 3 is 2.89 bits per heavy atom. The van der Waals surface area contributed by atoms with E-state index in [0.29, 0.717) is 17.3 Å². The lowest BCUT2D eigenvalue weighted by molar-refractivity contribution is 0.162. The summed E-state index contributed by atoms with van der Waals surface area (Å²) in [6.45, 7) is 5.06. The number of likely N-dealkylation sites (N-methyl/N-ethyl adjacent to an activating group) is 1. The van der Waals surface area contributed by atoms with Gasteiger partial charge in [-0.1, -0.05) is 18.5 Å². The molecule has 0 spiro atoms. The molecule has 0 bridgehead atoms. The van der Waals surface area contributed by atoms with Gasteiger partial charge in [-0.15, -0.1) is 0 Å². The van der Waals surface area contributed by atoms with Crippen LogP contribution in [0.4, 0.5) is 0 Å². The van der Waals surface area contributed by atoms with E-state index in [1.165, 1.54) is 0 Å². The maximum absolute atomic E-state index is 10.1. The molecule has 0 saturated heterocycles. The van der Waals surface area contributed by atoms with Crippen LogP contribution in [0.25, 0.3) is 0 Å². The lowest BCUT2D eigenvalue weighted by Crippen LogP contribution is -2.26. The zero-order valence-electron chi connectivity index (χ0n) is 11.4. The van der Waals surface area contributed by atoms with Gasteiger partial charge in [-0.3, -0.25) is 4.68 Å². The number of aliphatic hydroxyl groups excluding tert-OH is 1. The number of nitrogens with zero attached hydrogens (tertiary/aromatic N) is 3. The molecule has 1 rings (SSSR count). The summed E-state index contributed by atoms with van der Waals surface area (Å²) in [4.78, 5) is 2.07. The van der Waals surface area contributed by atoms with Crippen molar-refractivity contribution in [1.29, 1.82) is 0 Å². The number of halogens is 1. The van der Waals surface area contributed by atoms with E-state index in [-0.39, 0.29) is 0 Å². The second-order valence-corrected chi connectivity index (χ2v) is 5.03. The molecule has 2 N–H and O–H groups in total. The van der Waals surface area contributed by atoms with E-state index in [0.717, 1.165) is 26.1 Å². The van der Waals surface area contributed by atoms with Gasteiger partial charge in [0, 0.05) is 13.1 Å². The van der Waals surface area contributed by atoms with Crippen LogP contribution in [0, 0.1) is 0 Å². The summed E-state index contributed by atoms with van der Waals surface area (Å²) < 4.78 is 1.78. The Morgan fingerprint density at radius 2 is 2.28 bits per heavy atom. The van der Waals surface area contributed by atoms with Crippen molar-refractivity contribution in [2.24, 2.45) is 0 Å². The molecule has 0 aliphatic rings. The minimum Gasteiger partial charge on any atom is -0.385 e. The van der Waals surface area contributed by atoms with Gasteiger partial charge in [-0.2, -0.15) is 5.10 Å². The summed E-state index contributed by atoms with van der Waals surface area (Å²) in [5, 5.41) is 18.1. The van der Waals surface area contributed by atoms with Crippen LogP contribution >= 0.6 is 11.6 Å². The number of aliphatic hydroxyl groups is 1. The van der Waals surface area contributed by atoms with Crippen molar-refractivity contribution < 1.29 is 5.11 Å². The molecule has 1 aromatic rings. The van der Waals surface area contributed by atoms with E-state index in [1.54, 1.807) is 10.9 Å². The van der Waals surface area contributed by atoms with Crippen LogP contribution in [-0.4, -0.2) is 53.5 Å². The van der Waals surface area contributed by atoms with Crippen LogP contribution in [0.1, 0.15) is 25.1 Å². The van der Waals surface area contributed by atoms with E-state index in [2.05, 4.69) is 22.2 Å². The highest BCUT2D eigenvalue weighted by molar-refractivity contribution is 6.31. The van der Waals surface area contributed by atoms with Gasteiger partial charge in [0.2, 0.25) is 0 Å². The minimum atomic E-state index is -0.617. The molecule has 1 aromatic heterocycles. The molecule has 1 unspecified atom stereocenters. The lowest BCUT2D eigenvalue weighted by atomic mass is 10.2. The highest BCUT2D eigenvalue weighted by Crippen LogP contribution is 2.22. The molecule has 1 heterocycles. The van der Waals surface area contributed by atoms with Crippen molar-refractivity contribution >= 4 is 11.6 Å². The fourth-order valence-electron chi connectivity index (χ4n) is 1.69. The Labute approximate surface area is 114 Å². The molecule has 1 atom stereocenters. The maximum atomic E-state index is 10.1. The largest absolute Gasteiger partial charge is 0.385 e. The molecular formula is C12H23ClN4O. The number of aromatic nitrogens is 2. The van der Waals surface area contributed by atoms with Crippen molar-refractivity contribution in [3.63, 3.8) is 0 Å². The van der Waals surface area contributed by atoms with Gasteiger partial charge in [-0.05, 0) is 27.1 Å². The van der Waals surface area contributed by atoms with Crippen LogP contribution in [0.15, 0.2) is 6.20 Å². The van der Waals surface area contributed by atoms with Crippen LogP contribution in [0.5, 0.6) is 0 Å². The molecule has 0 amide bonds. The molecule has 0 fully saturated rings. The first-order chi connectivity index (χ1) is 8.56. The lowest BCUT2D eigenvalue weighted by Gasteiger charge is -2.16. The van der Waals surface area contributed by atoms with Crippen molar-refractivity contribution in [2.75, 3.05) is 33.7 Å². The Bertz CT molecular complexity index is 354.